The number of hydrogen-bond donors (Lipinski definition) is 3. The van der Waals surface area contributed by atoms with E-state index in [1.807, 2.05) is 0 Å². The van der Waals surface area contributed by atoms with E-state index in [0.29, 0.717) is 6.41 Å². The van der Waals surface area contributed by atoms with Gasteiger partial charge in [-0.05, 0) is 0 Å². The molecule has 0 radical (unpaired) electrons. The Bertz CT molecular complexity index is 150. The molecule has 4 nitrogen and oxygen atoms in total. The second-order valence-corrected chi connectivity index (χ2v) is 2.27. The molecule has 2 unspecified atom stereocenters. The van der Waals surface area contributed by atoms with Crippen molar-refractivity contribution in [2.45, 2.75) is 11.4 Å². The van der Waals surface area contributed by atoms with Crippen LogP contribution in [0.4, 0.5) is 0 Å². The highest BCUT2D eigenvalue weighted by molar-refractivity contribution is 7.81. The van der Waals surface area contributed by atoms with E-state index in [4.69, 9.17) is 0 Å². The van der Waals surface area contributed by atoms with Gasteiger partial charge in [-0.2, -0.15) is 12.6 Å². The van der Waals surface area contributed by atoms with E-state index in [0.717, 1.165) is 0 Å². The van der Waals surface area contributed by atoms with Gasteiger partial charge in [0, 0.05) is 0 Å². The van der Waals surface area contributed by atoms with Gasteiger partial charge >= 0.3 is 0 Å². The van der Waals surface area contributed by atoms with Gasteiger partial charge in [-0.25, -0.2) is 0 Å². The molecule has 1 aliphatic rings. The van der Waals surface area contributed by atoms with Crippen molar-refractivity contribution in [1.29, 1.82) is 0 Å². The number of β-lactam (4-membered cyclic amide) rings is 1. The highest BCUT2D eigenvalue weighted by Crippen LogP contribution is 2.07. The van der Waals surface area contributed by atoms with Crippen LogP contribution < -0.4 is 10.6 Å². The molecule has 5 heteroatoms. The molecule has 0 saturated carbocycles. The van der Waals surface area contributed by atoms with Crippen molar-refractivity contribution in [2.24, 2.45) is 0 Å². The standard InChI is InChI=1S/C4H6N2O2S/c7-1-5-2-3(8)6-4(2)9/h1-2,4,9H,(H,5,7)(H,6,8). The zero-order chi connectivity index (χ0) is 6.85. The van der Waals surface area contributed by atoms with Crippen molar-refractivity contribution in [3.63, 3.8) is 0 Å². The fraction of sp³-hybridized carbons (Fsp3) is 0.500. The Morgan fingerprint density at radius 2 is 2.44 bits per heavy atom. The smallest absolute Gasteiger partial charge is 0.246 e. The fourth-order valence-corrected chi connectivity index (χ4v) is 0.955. The van der Waals surface area contributed by atoms with E-state index in [-0.39, 0.29) is 11.3 Å². The molecule has 1 fully saturated rings. The Hall–Kier alpha value is -0.710. The maximum Gasteiger partial charge on any atom is 0.246 e. The van der Waals surface area contributed by atoms with E-state index >= 15 is 0 Å². The Balaban J connectivity index is 2.39. The van der Waals surface area contributed by atoms with Crippen molar-refractivity contribution in [3.05, 3.63) is 0 Å². The van der Waals surface area contributed by atoms with Crippen molar-refractivity contribution < 1.29 is 9.59 Å². The number of thiol groups is 1. The predicted molar refractivity (Wildman–Crippen MR) is 33.9 cm³/mol. The maximum atomic E-state index is 10.4. The first-order chi connectivity index (χ1) is 4.25. The summed E-state index contributed by atoms with van der Waals surface area (Å²) in [6.45, 7) is 0. The van der Waals surface area contributed by atoms with Gasteiger partial charge in [0.1, 0.15) is 11.4 Å². The second-order valence-electron chi connectivity index (χ2n) is 1.72. The average Bonchev–Trinajstić information content (AvgIpc) is 1.84. The highest BCUT2D eigenvalue weighted by atomic mass is 32.1. The molecular weight excluding hydrogens is 140 g/mol. The molecule has 2 atom stereocenters. The Kier molecular flexibility index (Phi) is 1.61. The van der Waals surface area contributed by atoms with Crippen LogP contribution in [0, 0.1) is 0 Å². The van der Waals surface area contributed by atoms with Gasteiger partial charge in [0.15, 0.2) is 0 Å². The molecule has 0 aromatic heterocycles. The lowest BCUT2D eigenvalue weighted by atomic mass is 10.1. The molecule has 0 bridgehead atoms. The quantitative estimate of drug-likeness (QED) is 0.252. The molecule has 0 aromatic carbocycles. The monoisotopic (exact) mass is 146 g/mol. The summed E-state index contributed by atoms with van der Waals surface area (Å²) in [4.78, 5) is 20.2. The van der Waals surface area contributed by atoms with Gasteiger partial charge in [-0.15, -0.1) is 0 Å². The molecule has 9 heavy (non-hydrogen) atoms. The number of carbonyl (C=O) groups is 2. The van der Waals surface area contributed by atoms with Gasteiger partial charge in [-0.3, -0.25) is 9.59 Å². The first-order valence-corrected chi connectivity index (χ1v) is 2.95. The van der Waals surface area contributed by atoms with Crippen LogP contribution in [0.25, 0.3) is 0 Å². The minimum atomic E-state index is -0.439. The summed E-state index contributed by atoms with van der Waals surface area (Å²) in [5.74, 6) is -0.179. The molecule has 0 aromatic rings. The first-order valence-electron chi connectivity index (χ1n) is 2.44. The van der Waals surface area contributed by atoms with E-state index in [2.05, 4.69) is 23.3 Å². The van der Waals surface area contributed by atoms with Crippen LogP contribution >= 0.6 is 12.6 Å². The third-order valence-corrected chi connectivity index (χ3v) is 1.56. The lowest BCUT2D eigenvalue weighted by molar-refractivity contribution is -0.131. The maximum absolute atomic E-state index is 10.4. The van der Waals surface area contributed by atoms with Gasteiger partial charge in [-0.1, -0.05) is 0 Å². The third-order valence-electron chi connectivity index (χ3n) is 1.14. The minimum Gasteiger partial charge on any atom is -0.344 e. The Morgan fingerprint density at radius 1 is 1.78 bits per heavy atom. The van der Waals surface area contributed by atoms with E-state index in [9.17, 15) is 9.59 Å². The van der Waals surface area contributed by atoms with Gasteiger partial charge in [0.2, 0.25) is 12.3 Å². The van der Waals surface area contributed by atoms with E-state index in [1.165, 1.54) is 0 Å². The lowest BCUT2D eigenvalue weighted by Gasteiger charge is -2.32. The topological polar surface area (TPSA) is 58.2 Å². The average molecular weight is 146 g/mol. The van der Waals surface area contributed by atoms with Crippen molar-refractivity contribution in [2.75, 3.05) is 0 Å². The molecule has 1 saturated heterocycles. The van der Waals surface area contributed by atoms with Crippen LogP contribution in [-0.4, -0.2) is 23.7 Å². The van der Waals surface area contributed by atoms with E-state index < -0.39 is 6.04 Å². The fourth-order valence-electron chi connectivity index (χ4n) is 0.606. The zero-order valence-electron chi connectivity index (χ0n) is 4.50. The summed E-state index contributed by atoms with van der Waals surface area (Å²) in [5, 5.41) is 4.54. The molecular formula is C4H6N2O2S. The van der Waals surface area contributed by atoms with Crippen LogP contribution in [0.3, 0.4) is 0 Å². The van der Waals surface area contributed by atoms with Crippen molar-refractivity contribution in [3.8, 4) is 0 Å². The first kappa shape index (κ1) is 6.41. The SMILES string of the molecule is O=CNC1C(=O)NC1S. The second kappa shape index (κ2) is 2.26. The van der Waals surface area contributed by atoms with Crippen LogP contribution in [-0.2, 0) is 9.59 Å². The van der Waals surface area contributed by atoms with E-state index in [1.54, 1.807) is 0 Å². The molecule has 2 N–H and O–H groups in total. The molecule has 2 amide bonds. The summed E-state index contributed by atoms with van der Waals surface area (Å²) in [6.07, 6.45) is 0.493. The number of amides is 2. The molecule has 1 rings (SSSR count). The summed E-state index contributed by atoms with van der Waals surface area (Å²) >= 11 is 3.92. The van der Waals surface area contributed by atoms with Crippen LogP contribution in [0.1, 0.15) is 0 Å². The third kappa shape index (κ3) is 0.999. The summed E-state index contributed by atoms with van der Waals surface area (Å²) in [5.41, 5.74) is 0. The molecule has 1 heterocycles. The van der Waals surface area contributed by atoms with Crippen LogP contribution in [0.2, 0.25) is 0 Å². The van der Waals surface area contributed by atoms with Crippen molar-refractivity contribution in [1.82, 2.24) is 10.6 Å². The minimum absolute atomic E-state index is 0.179. The van der Waals surface area contributed by atoms with Crippen LogP contribution in [0.5, 0.6) is 0 Å². The molecule has 50 valence electrons. The van der Waals surface area contributed by atoms with Gasteiger partial charge < -0.3 is 10.6 Å². The van der Waals surface area contributed by atoms with Gasteiger partial charge in [0.05, 0.1) is 0 Å². The Labute approximate surface area is 57.4 Å². The lowest BCUT2D eigenvalue weighted by Crippen LogP contribution is -2.65. The zero-order valence-corrected chi connectivity index (χ0v) is 5.39. The normalized spacial score (nSPS) is 32.3. The molecule has 0 aliphatic carbocycles. The Morgan fingerprint density at radius 3 is 2.67 bits per heavy atom. The number of hydrogen-bond acceptors (Lipinski definition) is 3. The largest absolute Gasteiger partial charge is 0.344 e. The molecule has 1 aliphatic heterocycles. The number of carbonyl (C=O) groups excluding carboxylic acids is 2. The number of rotatable bonds is 2. The summed E-state index contributed by atoms with van der Waals surface area (Å²) < 4.78 is 0. The summed E-state index contributed by atoms with van der Waals surface area (Å²) in [6, 6.07) is -0.439. The predicted octanol–water partition coefficient (Wildman–Crippen LogP) is -1.51. The van der Waals surface area contributed by atoms with Crippen molar-refractivity contribution >= 4 is 24.9 Å². The molecule has 0 spiro atoms. The highest BCUT2D eigenvalue weighted by Gasteiger charge is 2.35. The summed E-state index contributed by atoms with van der Waals surface area (Å²) in [7, 11) is 0. The van der Waals surface area contributed by atoms with Gasteiger partial charge in [0.25, 0.3) is 0 Å². The number of nitrogens with one attached hydrogen (secondary N) is 2. The van der Waals surface area contributed by atoms with Crippen LogP contribution in [0.15, 0.2) is 0 Å².